The van der Waals surface area contributed by atoms with Gasteiger partial charge in [0, 0.05) is 17.0 Å². The zero-order valence-corrected chi connectivity index (χ0v) is 13.5. The van der Waals surface area contributed by atoms with Crippen LogP contribution in [0.25, 0.3) is 0 Å². The molecule has 1 saturated heterocycles. The van der Waals surface area contributed by atoms with Crippen molar-refractivity contribution in [3.63, 3.8) is 0 Å². The molecule has 1 aliphatic rings. The van der Waals surface area contributed by atoms with Gasteiger partial charge in [-0.1, -0.05) is 23.4 Å². The Morgan fingerprint density at radius 2 is 2.38 bits per heavy atom. The molecule has 2 N–H and O–H groups in total. The van der Waals surface area contributed by atoms with Crippen molar-refractivity contribution in [1.82, 2.24) is 0 Å². The van der Waals surface area contributed by atoms with Crippen LogP contribution >= 0.6 is 23.4 Å². The highest BCUT2D eigenvalue weighted by atomic mass is 35.5. The summed E-state index contributed by atoms with van der Waals surface area (Å²) in [5.41, 5.74) is 1.35. The third-order valence-electron chi connectivity index (χ3n) is 3.39. The molecule has 112 valence electrons. The van der Waals surface area contributed by atoms with Gasteiger partial charge in [0.2, 0.25) is 5.91 Å². The molecule has 21 heavy (non-hydrogen) atoms. The van der Waals surface area contributed by atoms with Crippen LogP contribution in [-0.4, -0.2) is 28.1 Å². The minimum Gasteiger partial charge on any atom is -0.395 e. The van der Waals surface area contributed by atoms with Gasteiger partial charge in [-0.3, -0.25) is 4.79 Å². The lowest BCUT2D eigenvalue weighted by Gasteiger charge is -2.22. The van der Waals surface area contributed by atoms with Crippen LogP contribution in [0, 0.1) is 11.8 Å². The number of aliphatic hydroxyl groups is 1. The fraction of sp³-hybridized carbons (Fsp3) is 0.438. The van der Waals surface area contributed by atoms with Gasteiger partial charge in [-0.25, -0.2) is 0 Å². The minimum atomic E-state index is -0.377. The highest BCUT2D eigenvalue weighted by Gasteiger charge is 2.37. The minimum absolute atomic E-state index is 0.00234. The van der Waals surface area contributed by atoms with Gasteiger partial charge >= 0.3 is 0 Å². The van der Waals surface area contributed by atoms with E-state index in [1.165, 1.54) is 0 Å². The molecule has 0 aromatic heterocycles. The van der Waals surface area contributed by atoms with Crippen LogP contribution in [0.1, 0.15) is 31.7 Å². The molecule has 0 radical (unpaired) electrons. The van der Waals surface area contributed by atoms with Crippen molar-refractivity contribution in [3.05, 3.63) is 28.8 Å². The number of amides is 1. The van der Waals surface area contributed by atoms with E-state index in [4.69, 9.17) is 16.7 Å². The Hall–Kier alpha value is -1.15. The van der Waals surface area contributed by atoms with Gasteiger partial charge in [0.15, 0.2) is 0 Å². The first-order chi connectivity index (χ1) is 10.0. The molecule has 1 aliphatic heterocycles. The largest absolute Gasteiger partial charge is 0.395 e. The maximum atomic E-state index is 12.5. The van der Waals surface area contributed by atoms with Gasteiger partial charge in [-0.05, 0) is 43.7 Å². The van der Waals surface area contributed by atoms with E-state index in [0.717, 1.165) is 18.6 Å². The number of carbonyl (C=O) groups is 1. The van der Waals surface area contributed by atoms with Gasteiger partial charge in [0.25, 0.3) is 0 Å². The lowest BCUT2D eigenvalue weighted by Crippen LogP contribution is -2.34. The van der Waals surface area contributed by atoms with E-state index in [0.29, 0.717) is 22.7 Å². The fourth-order valence-corrected chi connectivity index (χ4v) is 3.54. The van der Waals surface area contributed by atoms with Gasteiger partial charge in [0.1, 0.15) is 0 Å². The first kappa shape index (κ1) is 16.2. The Labute approximate surface area is 134 Å². The molecular weight excluding hydrogens is 306 g/mol. The summed E-state index contributed by atoms with van der Waals surface area (Å²) in [5.74, 6) is 6.84. The summed E-state index contributed by atoms with van der Waals surface area (Å²) in [6.07, 6.45) is 2.35. The molecular formula is C16H18ClNO2S. The van der Waals surface area contributed by atoms with Crippen molar-refractivity contribution >= 4 is 35.0 Å². The summed E-state index contributed by atoms with van der Waals surface area (Å²) in [6.45, 7) is 2.00. The molecule has 1 unspecified atom stereocenters. The van der Waals surface area contributed by atoms with E-state index in [1.807, 2.05) is 6.92 Å². The Kier molecular flexibility index (Phi) is 5.58. The van der Waals surface area contributed by atoms with Crippen LogP contribution in [0.15, 0.2) is 18.2 Å². The maximum Gasteiger partial charge on any atom is 0.240 e. The van der Waals surface area contributed by atoms with E-state index in [1.54, 1.807) is 30.0 Å². The molecule has 1 fully saturated rings. The Balaban J connectivity index is 2.20. The van der Waals surface area contributed by atoms with E-state index in [-0.39, 0.29) is 17.3 Å². The topological polar surface area (TPSA) is 49.3 Å². The van der Waals surface area contributed by atoms with Crippen molar-refractivity contribution in [3.8, 4) is 11.8 Å². The quantitative estimate of drug-likeness (QED) is 0.839. The smallest absolute Gasteiger partial charge is 0.240 e. The van der Waals surface area contributed by atoms with Gasteiger partial charge in [-0.15, -0.1) is 11.8 Å². The second kappa shape index (κ2) is 7.22. The number of anilines is 1. The van der Waals surface area contributed by atoms with Crippen LogP contribution in [0.2, 0.25) is 5.02 Å². The molecule has 1 atom stereocenters. The summed E-state index contributed by atoms with van der Waals surface area (Å²) in [5, 5.41) is 12.3. The number of thioether (sulfide) groups is 1. The Morgan fingerprint density at radius 3 is 3.05 bits per heavy atom. The molecule has 1 aromatic carbocycles. The van der Waals surface area contributed by atoms with Gasteiger partial charge in [0.05, 0.1) is 17.0 Å². The lowest BCUT2D eigenvalue weighted by molar-refractivity contribution is -0.118. The Morgan fingerprint density at radius 1 is 1.57 bits per heavy atom. The molecule has 1 amide bonds. The molecule has 0 aliphatic carbocycles. The summed E-state index contributed by atoms with van der Waals surface area (Å²) < 4.78 is -0.377. The van der Waals surface area contributed by atoms with Crippen molar-refractivity contribution in [2.45, 2.75) is 30.9 Å². The number of halogens is 1. The van der Waals surface area contributed by atoms with Gasteiger partial charge in [-0.2, -0.15) is 0 Å². The standard InChI is InChI=1S/C16H18ClNO2S/c1-16(8-4-10-21-16)15(20)18-14-11-13(17)7-6-12(14)5-2-3-9-19/h6-7,11,19H,3-4,8-10H2,1H3,(H,18,20). The number of hydrogen-bond donors (Lipinski definition) is 2. The Bertz CT molecular complexity index is 586. The number of hydrogen-bond acceptors (Lipinski definition) is 3. The van der Waals surface area contributed by atoms with Crippen molar-refractivity contribution in [1.29, 1.82) is 0 Å². The molecule has 1 aromatic rings. The highest BCUT2D eigenvalue weighted by molar-refractivity contribution is 8.01. The van der Waals surface area contributed by atoms with E-state index >= 15 is 0 Å². The highest BCUT2D eigenvalue weighted by Crippen LogP contribution is 2.38. The SMILES string of the molecule is CC1(C(=O)Nc2cc(Cl)ccc2C#CCCO)CCCS1. The van der Waals surface area contributed by atoms with Crippen molar-refractivity contribution < 1.29 is 9.90 Å². The monoisotopic (exact) mass is 323 g/mol. The number of rotatable bonds is 3. The van der Waals surface area contributed by atoms with Crippen molar-refractivity contribution in [2.75, 3.05) is 17.7 Å². The van der Waals surface area contributed by atoms with E-state index < -0.39 is 0 Å². The first-order valence-corrected chi connectivity index (χ1v) is 8.26. The summed E-state index contributed by atoms with van der Waals surface area (Å²) in [4.78, 5) is 12.5. The molecule has 0 saturated carbocycles. The number of benzene rings is 1. The second-order valence-corrected chi connectivity index (χ2v) is 7.14. The lowest BCUT2D eigenvalue weighted by atomic mass is 10.0. The first-order valence-electron chi connectivity index (χ1n) is 6.90. The van der Waals surface area contributed by atoms with E-state index in [2.05, 4.69) is 17.2 Å². The maximum absolute atomic E-state index is 12.5. The molecule has 2 rings (SSSR count). The second-order valence-electron chi connectivity index (χ2n) is 5.10. The van der Waals surface area contributed by atoms with Crippen LogP contribution in [-0.2, 0) is 4.79 Å². The van der Waals surface area contributed by atoms with Crippen LogP contribution in [0.4, 0.5) is 5.69 Å². The summed E-state index contributed by atoms with van der Waals surface area (Å²) >= 11 is 7.70. The van der Waals surface area contributed by atoms with E-state index in [9.17, 15) is 4.79 Å². The normalized spacial score (nSPS) is 20.7. The predicted octanol–water partition coefficient (Wildman–Crippen LogP) is 3.30. The number of carbonyl (C=O) groups excluding carboxylic acids is 1. The van der Waals surface area contributed by atoms with Crippen LogP contribution in [0.3, 0.4) is 0 Å². The van der Waals surface area contributed by atoms with Gasteiger partial charge < -0.3 is 10.4 Å². The third-order valence-corrected chi connectivity index (χ3v) is 5.14. The third kappa shape index (κ3) is 4.16. The van der Waals surface area contributed by atoms with Crippen molar-refractivity contribution in [2.24, 2.45) is 0 Å². The van der Waals surface area contributed by atoms with Crippen LogP contribution < -0.4 is 5.32 Å². The fourth-order valence-electron chi connectivity index (χ4n) is 2.16. The number of aliphatic hydroxyl groups excluding tert-OH is 1. The molecule has 0 bridgehead atoms. The molecule has 0 spiro atoms. The predicted molar refractivity (Wildman–Crippen MR) is 88.8 cm³/mol. The zero-order chi connectivity index (χ0) is 15.3. The summed E-state index contributed by atoms with van der Waals surface area (Å²) in [7, 11) is 0. The average Bonchev–Trinajstić information content (AvgIpc) is 2.90. The molecule has 1 heterocycles. The molecule has 3 nitrogen and oxygen atoms in total. The van der Waals surface area contributed by atoms with Crippen LogP contribution in [0.5, 0.6) is 0 Å². The zero-order valence-electron chi connectivity index (χ0n) is 11.9. The molecule has 5 heteroatoms. The number of nitrogens with one attached hydrogen (secondary N) is 1. The average molecular weight is 324 g/mol. The summed E-state index contributed by atoms with van der Waals surface area (Å²) in [6, 6.07) is 5.24.